The van der Waals surface area contributed by atoms with Crippen molar-refractivity contribution in [3.05, 3.63) is 95.2 Å². The highest BCUT2D eigenvalue weighted by atomic mass is 32.1. The lowest BCUT2D eigenvalue weighted by atomic mass is 10.2. The van der Waals surface area contributed by atoms with Crippen LogP contribution in [0.25, 0.3) is 32.5 Å². The minimum atomic E-state index is -4.76. The zero-order valence-electron chi connectivity index (χ0n) is 24.4. The fourth-order valence-corrected chi connectivity index (χ4v) is 5.22. The molecule has 16 heteroatoms. The van der Waals surface area contributed by atoms with Gasteiger partial charge in [-0.1, -0.05) is 30.3 Å². The number of nitrogens with zero attached hydrogens (tertiary/aromatic N) is 6. The van der Waals surface area contributed by atoms with Crippen LogP contribution in [0.15, 0.2) is 89.3 Å². The number of anilines is 2. The Kier molecular flexibility index (Phi) is 7.94. The number of aromatic nitrogens is 4. The van der Waals surface area contributed by atoms with Gasteiger partial charge < -0.3 is 0 Å². The van der Waals surface area contributed by atoms with E-state index in [0.29, 0.717) is 22.2 Å². The van der Waals surface area contributed by atoms with Crippen LogP contribution in [0, 0.1) is 0 Å². The first-order valence-corrected chi connectivity index (χ1v) is 14.6. The predicted molar refractivity (Wildman–Crippen MR) is 166 cm³/mol. The minimum Gasteiger partial charge on any atom is -0.271 e. The summed E-state index contributed by atoms with van der Waals surface area (Å²) in [4.78, 5) is 64.5. The second-order valence-electron chi connectivity index (χ2n) is 10.1. The second-order valence-corrected chi connectivity index (χ2v) is 11.1. The molecule has 3 aromatic heterocycles. The van der Waals surface area contributed by atoms with Gasteiger partial charge in [0, 0.05) is 34.1 Å². The third kappa shape index (κ3) is 6.13. The molecular formula is C31H21F3N8O4S. The van der Waals surface area contributed by atoms with Crippen LogP contribution < -0.4 is 10.9 Å². The van der Waals surface area contributed by atoms with Gasteiger partial charge in [0.05, 0.1) is 15.9 Å². The molecule has 0 radical (unpaired) electrons. The van der Waals surface area contributed by atoms with Gasteiger partial charge in [0.1, 0.15) is 0 Å². The van der Waals surface area contributed by atoms with E-state index >= 15 is 0 Å². The molecule has 5 heterocycles. The van der Waals surface area contributed by atoms with E-state index in [4.69, 9.17) is 0 Å². The average Bonchev–Trinajstić information content (AvgIpc) is 3.73. The van der Waals surface area contributed by atoms with Crippen molar-refractivity contribution in [2.24, 2.45) is 0 Å². The third-order valence-electron chi connectivity index (χ3n) is 6.84. The number of fused-ring (bicyclic) bond motifs is 2. The van der Waals surface area contributed by atoms with Gasteiger partial charge in [0.2, 0.25) is 5.82 Å². The van der Waals surface area contributed by atoms with Crippen molar-refractivity contribution in [3.8, 4) is 10.7 Å². The molecule has 2 aliphatic heterocycles. The summed E-state index contributed by atoms with van der Waals surface area (Å²) in [6, 6.07) is 17.3. The number of hydrazine groups is 2. The maximum Gasteiger partial charge on any atom is 0.451 e. The van der Waals surface area contributed by atoms with Crippen molar-refractivity contribution in [2.45, 2.75) is 20.0 Å². The second kappa shape index (κ2) is 12.1. The zero-order chi connectivity index (χ0) is 33.5. The molecular weight excluding hydrogens is 637 g/mol. The summed E-state index contributed by atoms with van der Waals surface area (Å²) in [7, 11) is 0. The SMILES string of the molecule is CC1=CC(=O)N(Nc2nc(-c3cccs3)nc3ccccc23)C1=O.CC1=CC(=O)N(Nc2nc(C(F)(F)F)nc3ccccc23)C1=O. The van der Waals surface area contributed by atoms with Crippen LogP contribution >= 0.6 is 11.3 Å². The summed E-state index contributed by atoms with van der Waals surface area (Å²) < 4.78 is 38.7. The first-order chi connectivity index (χ1) is 22.4. The van der Waals surface area contributed by atoms with E-state index in [1.165, 1.54) is 42.5 Å². The number of rotatable bonds is 5. The molecule has 4 amide bonds. The first kappa shape index (κ1) is 31.0. The van der Waals surface area contributed by atoms with Crippen molar-refractivity contribution in [3.63, 3.8) is 0 Å². The van der Waals surface area contributed by atoms with Gasteiger partial charge in [-0.05, 0) is 49.6 Å². The molecule has 0 saturated carbocycles. The van der Waals surface area contributed by atoms with Crippen molar-refractivity contribution in [1.82, 2.24) is 30.0 Å². The summed E-state index contributed by atoms with van der Waals surface area (Å²) in [6.07, 6.45) is -2.37. The highest BCUT2D eigenvalue weighted by molar-refractivity contribution is 7.13. The fourth-order valence-electron chi connectivity index (χ4n) is 4.57. The maximum absolute atomic E-state index is 12.9. The number of thiophene rings is 1. The molecule has 47 heavy (non-hydrogen) atoms. The maximum atomic E-state index is 12.9. The summed E-state index contributed by atoms with van der Waals surface area (Å²) >= 11 is 1.53. The molecule has 0 unspecified atom stereocenters. The van der Waals surface area contributed by atoms with Crippen molar-refractivity contribution in [1.29, 1.82) is 0 Å². The fraction of sp³-hybridized carbons (Fsp3) is 0.0968. The first-order valence-electron chi connectivity index (χ1n) is 13.7. The van der Waals surface area contributed by atoms with Crippen molar-refractivity contribution < 1.29 is 32.3 Å². The predicted octanol–water partition coefficient (Wildman–Crippen LogP) is 5.29. The molecule has 0 saturated heterocycles. The molecule has 2 aromatic carbocycles. The lowest BCUT2D eigenvalue weighted by Gasteiger charge is -2.18. The number of hydrogen-bond acceptors (Lipinski definition) is 11. The van der Waals surface area contributed by atoms with Crippen molar-refractivity contribution in [2.75, 3.05) is 10.9 Å². The number of alkyl halides is 3. The van der Waals surface area contributed by atoms with Crippen LogP contribution in [0.3, 0.4) is 0 Å². The van der Waals surface area contributed by atoms with E-state index in [0.717, 1.165) is 26.9 Å². The monoisotopic (exact) mass is 658 g/mol. The van der Waals surface area contributed by atoms with E-state index in [2.05, 4.69) is 30.8 Å². The van der Waals surface area contributed by atoms with E-state index in [1.54, 1.807) is 13.0 Å². The number of benzene rings is 2. The largest absolute Gasteiger partial charge is 0.451 e. The summed E-state index contributed by atoms with van der Waals surface area (Å²) in [5.74, 6) is -2.76. The molecule has 0 atom stereocenters. The molecule has 236 valence electrons. The Bertz CT molecular complexity index is 2170. The molecule has 2 aliphatic rings. The Morgan fingerprint density at radius 1 is 0.660 bits per heavy atom. The molecule has 0 spiro atoms. The summed E-state index contributed by atoms with van der Waals surface area (Å²) in [5, 5.41) is 4.53. The number of amides is 4. The molecule has 7 rings (SSSR count). The molecule has 0 aliphatic carbocycles. The van der Waals surface area contributed by atoms with E-state index in [9.17, 15) is 32.3 Å². The molecule has 0 fully saturated rings. The van der Waals surface area contributed by atoms with Gasteiger partial charge in [-0.15, -0.1) is 11.3 Å². The van der Waals surface area contributed by atoms with Crippen LogP contribution in [0.4, 0.5) is 24.8 Å². The number of imide groups is 2. The molecule has 5 aromatic rings. The van der Waals surface area contributed by atoms with E-state index < -0.39 is 29.7 Å². The van der Waals surface area contributed by atoms with Gasteiger partial charge in [0.25, 0.3) is 23.6 Å². The number of carbonyl (C=O) groups is 4. The zero-order valence-corrected chi connectivity index (χ0v) is 25.2. The quantitative estimate of drug-likeness (QED) is 0.239. The smallest absolute Gasteiger partial charge is 0.271 e. The number of nitrogens with one attached hydrogen (secondary N) is 2. The lowest BCUT2D eigenvalue weighted by molar-refractivity contribution is -0.144. The van der Waals surface area contributed by atoms with Gasteiger partial charge in [-0.3, -0.25) is 30.0 Å². The standard InChI is InChI=1S/C17H12N4O2S.C14H9F3N4O2/c1-10-9-14(22)21(17(10)23)20-15-11-5-2-3-6-12(11)18-16(19-15)13-7-4-8-24-13;1-7-6-10(22)21(12(7)23)20-11-8-4-2-3-5-9(8)18-13(19-11)14(15,16)17/h2-9H,1H3,(H,18,19,20);2-6H,1H3,(H,18,19,20). The Morgan fingerprint density at radius 3 is 1.64 bits per heavy atom. The lowest BCUT2D eigenvalue weighted by Crippen LogP contribution is -2.37. The third-order valence-corrected chi connectivity index (χ3v) is 7.70. The van der Waals surface area contributed by atoms with E-state index in [1.807, 2.05) is 41.8 Å². The average molecular weight is 659 g/mol. The van der Waals surface area contributed by atoms with Crippen LogP contribution in [-0.2, 0) is 25.4 Å². The summed E-state index contributed by atoms with van der Waals surface area (Å²) in [6.45, 7) is 3.04. The minimum absolute atomic E-state index is 0.0427. The van der Waals surface area contributed by atoms with Gasteiger partial charge in [-0.25, -0.2) is 19.9 Å². The summed E-state index contributed by atoms with van der Waals surface area (Å²) in [5.41, 5.74) is 6.56. The Hall–Kier alpha value is -6.03. The number of para-hydroxylation sites is 2. The number of halogens is 3. The Balaban J connectivity index is 0.000000165. The van der Waals surface area contributed by atoms with Gasteiger partial charge in [0.15, 0.2) is 17.5 Å². The van der Waals surface area contributed by atoms with Gasteiger partial charge >= 0.3 is 6.18 Å². The highest BCUT2D eigenvalue weighted by Gasteiger charge is 2.37. The van der Waals surface area contributed by atoms with Crippen LogP contribution in [0.2, 0.25) is 0 Å². The van der Waals surface area contributed by atoms with E-state index in [-0.39, 0.29) is 28.2 Å². The molecule has 0 bridgehead atoms. The Morgan fingerprint density at radius 2 is 1.17 bits per heavy atom. The normalized spacial score (nSPS) is 14.8. The Labute approximate surface area is 267 Å². The molecule has 12 nitrogen and oxygen atoms in total. The van der Waals surface area contributed by atoms with Crippen LogP contribution in [0.1, 0.15) is 19.7 Å². The number of carbonyl (C=O) groups excluding carboxylic acids is 4. The topological polar surface area (TPSA) is 150 Å². The van der Waals surface area contributed by atoms with Gasteiger partial charge in [-0.2, -0.15) is 23.2 Å². The van der Waals surface area contributed by atoms with Crippen molar-refractivity contribution >= 4 is 68.4 Å². The van der Waals surface area contributed by atoms with Crippen LogP contribution in [0.5, 0.6) is 0 Å². The molecule has 2 N–H and O–H groups in total. The highest BCUT2D eigenvalue weighted by Crippen LogP contribution is 2.31. The van der Waals surface area contributed by atoms with Crippen LogP contribution in [-0.4, -0.2) is 53.6 Å². The number of hydrogen-bond donors (Lipinski definition) is 2.